The lowest BCUT2D eigenvalue weighted by atomic mass is 10.1. The number of thiophene rings is 1. The van der Waals surface area contributed by atoms with Gasteiger partial charge >= 0.3 is 0 Å². The molecule has 1 aliphatic rings. The topological polar surface area (TPSA) is 21.3 Å². The average Bonchev–Trinajstić information content (AvgIpc) is 2.56. The third kappa shape index (κ3) is 2.81. The lowest BCUT2D eigenvalue weighted by Crippen LogP contribution is -2.32. The van der Waals surface area contributed by atoms with E-state index < -0.39 is 0 Å². The molecule has 0 bridgehead atoms. The summed E-state index contributed by atoms with van der Waals surface area (Å²) >= 11 is 5.23. The second-order valence-electron chi connectivity index (χ2n) is 4.16. The van der Waals surface area contributed by atoms with Crippen LogP contribution in [0, 0.1) is 5.92 Å². The molecule has 0 radical (unpaired) electrons. The molecular formula is C11H16BrNOS. The Kier molecular flexibility index (Phi) is 3.83. The van der Waals surface area contributed by atoms with Crippen molar-refractivity contribution in [2.45, 2.75) is 26.0 Å². The normalized spacial score (nSPS) is 32.6. The van der Waals surface area contributed by atoms with E-state index in [4.69, 9.17) is 4.74 Å². The molecule has 15 heavy (non-hydrogen) atoms. The van der Waals surface area contributed by atoms with Crippen molar-refractivity contribution in [1.29, 1.82) is 0 Å². The highest BCUT2D eigenvalue weighted by Crippen LogP contribution is 2.29. The van der Waals surface area contributed by atoms with E-state index in [1.165, 1.54) is 4.88 Å². The number of halogens is 1. The van der Waals surface area contributed by atoms with Crippen LogP contribution in [0.25, 0.3) is 0 Å². The number of hydrogen-bond acceptors (Lipinski definition) is 3. The minimum absolute atomic E-state index is 0.216. The first kappa shape index (κ1) is 11.6. The van der Waals surface area contributed by atoms with Gasteiger partial charge in [-0.05, 0) is 34.8 Å². The zero-order valence-electron chi connectivity index (χ0n) is 9.00. The Bertz CT molecular complexity index is 316. The summed E-state index contributed by atoms with van der Waals surface area (Å²) in [6, 6.07) is 2.69. The van der Waals surface area contributed by atoms with Crippen molar-refractivity contribution in [3.63, 3.8) is 0 Å². The second kappa shape index (κ2) is 4.95. The highest BCUT2D eigenvalue weighted by molar-refractivity contribution is 9.10. The molecular weight excluding hydrogens is 274 g/mol. The van der Waals surface area contributed by atoms with Gasteiger partial charge < -0.3 is 10.1 Å². The van der Waals surface area contributed by atoms with E-state index in [2.05, 4.69) is 46.5 Å². The third-order valence-electron chi connectivity index (χ3n) is 2.94. The summed E-state index contributed by atoms with van der Waals surface area (Å²) in [5.74, 6) is 0.582. The molecule has 4 heteroatoms. The molecule has 1 N–H and O–H groups in total. The average molecular weight is 290 g/mol. The lowest BCUT2D eigenvalue weighted by molar-refractivity contribution is 0.0518. The van der Waals surface area contributed by atoms with E-state index in [0.717, 1.165) is 17.6 Å². The maximum absolute atomic E-state index is 5.91. The van der Waals surface area contributed by atoms with Crippen LogP contribution in [-0.4, -0.2) is 19.2 Å². The molecule has 1 saturated heterocycles. The molecule has 1 aromatic rings. The standard InChI is InChI=1S/C11H16BrNOS/c1-7-5-14-10(4-13-8(7)2)11-3-9(12)6-15-11/h3,6-8,10,13H,4-5H2,1-2H3. The Hall–Kier alpha value is 0.1000. The largest absolute Gasteiger partial charge is 0.371 e. The van der Waals surface area contributed by atoms with Gasteiger partial charge in [-0.2, -0.15) is 0 Å². The molecule has 3 unspecified atom stereocenters. The van der Waals surface area contributed by atoms with Crippen molar-refractivity contribution in [1.82, 2.24) is 5.32 Å². The van der Waals surface area contributed by atoms with E-state index in [0.29, 0.717) is 12.0 Å². The van der Waals surface area contributed by atoms with Crippen LogP contribution in [0.15, 0.2) is 15.9 Å². The number of hydrogen-bond donors (Lipinski definition) is 1. The van der Waals surface area contributed by atoms with E-state index in [1.807, 2.05) is 0 Å². The monoisotopic (exact) mass is 289 g/mol. The lowest BCUT2D eigenvalue weighted by Gasteiger charge is -2.15. The van der Waals surface area contributed by atoms with Gasteiger partial charge in [0.2, 0.25) is 0 Å². The molecule has 1 aromatic heterocycles. The molecule has 3 atom stereocenters. The van der Waals surface area contributed by atoms with Crippen molar-refractivity contribution in [3.05, 3.63) is 20.8 Å². The van der Waals surface area contributed by atoms with E-state index in [1.54, 1.807) is 11.3 Å². The van der Waals surface area contributed by atoms with Crippen molar-refractivity contribution in [2.75, 3.05) is 13.2 Å². The van der Waals surface area contributed by atoms with Gasteiger partial charge in [0.1, 0.15) is 6.10 Å². The van der Waals surface area contributed by atoms with Crippen LogP contribution in [0.5, 0.6) is 0 Å². The zero-order chi connectivity index (χ0) is 10.8. The Morgan fingerprint density at radius 3 is 3.00 bits per heavy atom. The Morgan fingerprint density at radius 1 is 1.53 bits per heavy atom. The first-order chi connectivity index (χ1) is 7.16. The minimum Gasteiger partial charge on any atom is -0.371 e. The van der Waals surface area contributed by atoms with Crippen LogP contribution in [0.3, 0.4) is 0 Å². The summed E-state index contributed by atoms with van der Waals surface area (Å²) in [6.45, 7) is 6.21. The zero-order valence-corrected chi connectivity index (χ0v) is 11.4. The van der Waals surface area contributed by atoms with Crippen LogP contribution in [0.1, 0.15) is 24.8 Å². The number of ether oxygens (including phenoxy) is 1. The molecule has 0 saturated carbocycles. The third-order valence-corrected chi connectivity index (χ3v) is 4.73. The predicted molar refractivity (Wildman–Crippen MR) is 67.3 cm³/mol. The fourth-order valence-electron chi connectivity index (χ4n) is 1.65. The van der Waals surface area contributed by atoms with Gasteiger partial charge in [-0.15, -0.1) is 11.3 Å². The maximum Gasteiger partial charge on any atom is 0.104 e. The Balaban J connectivity index is 2.05. The quantitative estimate of drug-likeness (QED) is 0.857. The molecule has 0 aromatic carbocycles. The fourth-order valence-corrected chi connectivity index (χ4v) is 3.14. The van der Waals surface area contributed by atoms with Crippen LogP contribution < -0.4 is 5.32 Å². The summed E-state index contributed by atoms with van der Waals surface area (Å²) in [5, 5.41) is 5.63. The SMILES string of the molecule is CC1COC(c2cc(Br)cs2)CNC1C. The maximum atomic E-state index is 5.91. The highest BCUT2D eigenvalue weighted by Gasteiger charge is 2.23. The Morgan fingerprint density at radius 2 is 2.33 bits per heavy atom. The summed E-state index contributed by atoms with van der Waals surface area (Å²) in [4.78, 5) is 1.30. The van der Waals surface area contributed by atoms with E-state index in [9.17, 15) is 0 Å². The van der Waals surface area contributed by atoms with Gasteiger partial charge in [-0.3, -0.25) is 0 Å². The van der Waals surface area contributed by atoms with Gasteiger partial charge in [0.15, 0.2) is 0 Å². The summed E-state index contributed by atoms with van der Waals surface area (Å²) < 4.78 is 7.06. The van der Waals surface area contributed by atoms with E-state index >= 15 is 0 Å². The minimum atomic E-state index is 0.216. The molecule has 0 spiro atoms. The predicted octanol–water partition coefficient (Wildman–Crippen LogP) is 3.20. The van der Waals surface area contributed by atoms with Crippen LogP contribution in [0.2, 0.25) is 0 Å². The summed E-state index contributed by atoms with van der Waals surface area (Å²) in [5.41, 5.74) is 0. The van der Waals surface area contributed by atoms with E-state index in [-0.39, 0.29) is 6.10 Å². The first-order valence-electron chi connectivity index (χ1n) is 5.25. The summed E-state index contributed by atoms with van der Waals surface area (Å²) in [6.07, 6.45) is 0.216. The Labute approximate surface area is 103 Å². The van der Waals surface area contributed by atoms with Gasteiger partial charge in [0.05, 0.1) is 6.61 Å². The van der Waals surface area contributed by atoms with Crippen molar-refractivity contribution in [3.8, 4) is 0 Å². The van der Waals surface area contributed by atoms with Gasteiger partial charge in [-0.1, -0.05) is 6.92 Å². The van der Waals surface area contributed by atoms with Crippen LogP contribution >= 0.6 is 27.3 Å². The first-order valence-corrected chi connectivity index (χ1v) is 6.93. The smallest absolute Gasteiger partial charge is 0.104 e. The summed E-state index contributed by atoms with van der Waals surface area (Å²) in [7, 11) is 0. The van der Waals surface area contributed by atoms with Crippen molar-refractivity contribution in [2.24, 2.45) is 5.92 Å². The van der Waals surface area contributed by atoms with Crippen molar-refractivity contribution < 1.29 is 4.74 Å². The van der Waals surface area contributed by atoms with Crippen LogP contribution in [-0.2, 0) is 4.74 Å². The fraction of sp³-hybridized carbons (Fsp3) is 0.636. The molecule has 1 aliphatic heterocycles. The molecule has 2 rings (SSSR count). The van der Waals surface area contributed by atoms with Crippen molar-refractivity contribution >= 4 is 27.3 Å². The molecule has 2 heterocycles. The number of nitrogens with one attached hydrogen (secondary N) is 1. The molecule has 0 aliphatic carbocycles. The molecule has 2 nitrogen and oxygen atoms in total. The van der Waals surface area contributed by atoms with Gasteiger partial charge in [-0.25, -0.2) is 0 Å². The molecule has 84 valence electrons. The second-order valence-corrected chi connectivity index (χ2v) is 6.02. The van der Waals surface area contributed by atoms with Gasteiger partial charge in [0, 0.05) is 27.3 Å². The van der Waals surface area contributed by atoms with Crippen LogP contribution in [0.4, 0.5) is 0 Å². The number of rotatable bonds is 1. The van der Waals surface area contributed by atoms with Gasteiger partial charge in [0.25, 0.3) is 0 Å². The highest BCUT2D eigenvalue weighted by atomic mass is 79.9. The molecule has 1 fully saturated rings. The molecule has 0 amide bonds.